The van der Waals surface area contributed by atoms with E-state index < -0.39 is 0 Å². The topological polar surface area (TPSA) is 77.2 Å². The van der Waals surface area contributed by atoms with Crippen LogP contribution in [0, 0.1) is 23.7 Å². The molecule has 5 nitrogen and oxygen atoms in total. The van der Waals surface area contributed by atoms with Gasteiger partial charge in [-0.1, -0.05) is 18.8 Å². The average molecular weight is 287 g/mol. The number of nitrogens with zero attached hydrogens (tertiary/aromatic N) is 1. The van der Waals surface area contributed by atoms with Crippen LogP contribution in [0.1, 0.15) is 26.3 Å². The lowest BCUT2D eigenvalue weighted by Crippen LogP contribution is -2.32. The van der Waals surface area contributed by atoms with Gasteiger partial charge in [0.25, 0.3) is 0 Å². The van der Waals surface area contributed by atoms with Crippen molar-refractivity contribution in [2.24, 2.45) is 17.6 Å². The molecule has 1 aliphatic heterocycles. The van der Waals surface area contributed by atoms with Crippen molar-refractivity contribution in [3.05, 3.63) is 23.9 Å². The van der Waals surface area contributed by atoms with Crippen molar-refractivity contribution in [2.75, 3.05) is 11.9 Å². The number of nitrogens with two attached hydrogens (primary N) is 1. The Kier molecular flexibility index (Phi) is 4.94. The molecule has 2 rings (SSSR count). The minimum atomic E-state index is -0.166. The molecule has 3 N–H and O–H groups in total. The molecular formula is C16H21N3O2. The Balaban J connectivity index is 2.09. The molecule has 0 bridgehead atoms. The Hall–Kier alpha value is -1.90. The third kappa shape index (κ3) is 3.60. The first-order valence-electron chi connectivity index (χ1n) is 7.14. The van der Waals surface area contributed by atoms with Crippen LogP contribution in [0.2, 0.25) is 0 Å². The van der Waals surface area contributed by atoms with Crippen molar-refractivity contribution in [1.29, 1.82) is 0 Å². The Morgan fingerprint density at radius 3 is 2.81 bits per heavy atom. The van der Waals surface area contributed by atoms with Crippen LogP contribution < -0.4 is 11.1 Å². The lowest BCUT2D eigenvalue weighted by atomic mass is 9.89. The van der Waals surface area contributed by atoms with Crippen molar-refractivity contribution in [1.82, 2.24) is 4.98 Å². The highest BCUT2D eigenvalue weighted by molar-refractivity contribution is 5.92. The zero-order valence-corrected chi connectivity index (χ0v) is 12.6. The molecule has 2 heterocycles. The van der Waals surface area contributed by atoms with Gasteiger partial charge in [0, 0.05) is 11.8 Å². The second-order valence-corrected chi connectivity index (χ2v) is 5.36. The number of pyridine rings is 1. The van der Waals surface area contributed by atoms with E-state index in [2.05, 4.69) is 22.1 Å². The third-order valence-corrected chi connectivity index (χ3v) is 3.89. The molecule has 0 radical (unpaired) electrons. The third-order valence-electron chi connectivity index (χ3n) is 3.89. The van der Waals surface area contributed by atoms with E-state index in [4.69, 9.17) is 10.5 Å². The molecule has 0 aromatic carbocycles. The molecule has 1 aromatic rings. The molecule has 5 heteroatoms. The maximum atomic E-state index is 12.4. The summed E-state index contributed by atoms with van der Waals surface area (Å²) in [5.41, 5.74) is 6.13. The first-order valence-corrected chi connectivity index (χ1v) is 7.14. The average Bonchev–Trinajstić information content (AvgIpc) is 2.70. The summed E-state index contributed by atoms with van der Waals surface area (Å²) in [6.07, 6.45) is 1.62. The molecule has 1 aliphatic rings. The number of ether oxygens (including phenoxy) is 1. The molecule has 4 atom stereocenters. The van der Waals surface area contributed by atoms with E-state index in [9.17, 15) is 4.79 Å². The molecule has 112 valence electrons. The number of carbonyl (C=O) groups is 1. The van der Waals surface area contributed by atoms with Gasteiger partial charge in [-0.2, -0.15) is 0 Å². The summed E-state index contributed by atoms with van der Waals surface area (Å²) in [6.45, 7) is 6.27. The number of nitrogens with one attached hydrogen (secondary N) is 1. The zero-order valence-electron chi connectivity index (χ0n) is 12.6. The highest BCUT2D eigenvalue weighted by Gasteiger charge is 2.41. The monoisotopic (exact) mass is 287 g/mol. The lowest BCUT2D eigenvalue weighted by molar-refractivity contribution is -0.122. The number of anilines is 1. The van der Waals surface area contributed by atoms with Crippen LogP contribution in [-0.2, 0) is 9.53 Å². The quantitative estimate of drug-likeness (QED) is 0.806. The maximum Gasteiger partial charge on any atom is 0.231 e. The predicted molar refractivity (Wildman–Crippen MR) is 81.5 cm³/mol. The summed E-state index contributed by atoms with van der Waals surface area (Å²) in [5, 5.41) is 2.85. The fourth-order valence-corrected chi connectivity index (χ4v) is 2.66. The van der Waals surface area contributed by atoms with E-state index in [0.717, 1.165) is 5.56 Å². The highest BCUT2D eigenvalue weighted by atomic mass is 16.5. The van der Waals surface area contributed by atoms with Gasteiger partial charge in [0.05, 0.1) is 24.7 Å². The number of hydrogen-bond acceptors (Lipinski definition) is 4. The van der Waals surface area contributed by atoms with E-state index in [0.29, 0.717) is 12.4 Å². The number of amides is 1. The molecule has 1 fully saturated rings. The van der Waals surface area contributed by atoms with Crippen LogP contribution in [0.3, 0.4) is 0 Å². The molecule has 4 unspecified atom stereocenters. The lowest BCUT2D eigenvalue weighted by Gasteiger charge is -2.17. The standard InChI is InChI=1S/C16H21N3O2/c1-10-11(2)21-12(3)15(10)16(20)19-14-9-13(5-4-7-17)6-8-18-14/h6,8-12,15H,7,17H2,1-3H3,(H,18,19,20). The Labute approximate surface area is 125 Å². The summed E-state index contributed by atoms with van der Waals surface area (Å²) >= 11 is 0. The van der Waals surface area contributed by atoms with Crippen LogP contribution in [0.4, 0.5) is 5.82 Å². The van der Waals surface area contributed by atoms with Crippen LogP contribution in [0.5, 0.6) is 0 Å². The second-order valence-electron chi connectivity index (χ2n) is 5.36. The first kappa shape index (κ1) is 15.5. The minimum absolute atomic E-state index is 0.0595. The van der Waals surface area contributed by atoms with Crippen molar-refractivity contribution in [3.63, 3.8) is 0 Å². The van der Waals surface area contributed by atoms with Crippen molar-refractivity contribution >= 4 is 11.7 Å². The summed E-state index contributed by atoms with van der Waals surface area (Å²) in [5.74, 6) is 6.16. The molecular weight excluding hydrogens is 266 g/mol. The Morgan fingerprint density at radius 1 is 1.43 bits per heavy atom. The van der Waals surface area contributed by atoms with Gasteiger partial charge >= 0.3 is 0 Å². The summed E-state index contributed by atoms with van der Waals surface area (Å²) in [4.78, 5) is 16.6. The van der Waals surface area contributed by atoms with Crippen molar-refractivity contribution < 1.29 is 9.53 Å². The van der Waals surface area contributed by atoms with Crippen LogP contribution >= 0.6 is 0 Å². The van der Waals surface area contributed by atoms with E-state index >= 15 is 0 Å². The summed E-state index contributed by atoms with van der Waals surface area (Å²) in [6, 6.07) is 3.53. The van der Waals surface area contributed by atoms with Gasteiger partial charge in [-0.15, -0.1) is 0 Å². The fraction of sp³-hybridized carbons (Fsp3) is 0.500. The van der Waals surface area contributed by atoms with Gasteiger partial charge in [0.1, 0.15) is 5.82 Å². The first-order chi connectivity index (χ1) is 10.0. The van der Waals surface area contributed by atoms with Crippen LogP contribution in [-0.4, -0.2) is 29.6 Å². The number of aromatic nitrogens is 1. The predicted octanol–water partition coefficient (Wildman–Crippen LogP) is 1.39. The normalized spacial score (nSPS) is 27.8. The maximum absolute atomic E-state index is 12.4. The van der Waals surface area contributed by atoms with Gasteiger partial charge in [-0.25, -0.2) is 4.98 Å². The molecule has 0 saturated carbocycles. The van der Waals surface area contributed by atoms with Gasteiger partial charge in [0.2, 0.25) is 5.91 Å². The van der Waals surface area contributed by atoms with Gasteiger partial charge in [-0.3, -0.25) is 4.79 Å². The van der Waals surface area contributed by atoms with E-state index in [1.807, 2.05) is 20.8 Å². The summed E-state index contributed by atoms with van der Waals surface area (Å²) in [7, 11) is 0. The van der Waals surface area contributed by atoms with Gasteiger partial charge < -0.3 is 15.8 Å². The molecule has 1 amide bonds. The summed E-state index contributed by atoms with van der Waals surface area (Å²) < 4.78 is 5.70. The number of rotatable bonds is 2. The molecule has 21 heavy (non-hydrogen) atoms. The zero-order chi connectivity index (χ0) is 15.4. The van der Waals surface area contributed by atoms with Crippen LogP contribution in [0.15, 0.2) is 18.3 Å². The minimum Gasteiger partial charge on any atom is -0.374 e. The van der Waals surface area contributed by atoms with E-state index in [-0.39, 0.29) is 30.0 Å². The molecule has 1 aromatic heterocycles. The van der Waals surface area contributed by atoms with Crippen molar-refractivity contribution in [3.8, 4) is 11.8 Å². The molecule has 1 saturated heterocycles. The number of carbonyl (C=O) groups excluding carboxylic acids is 1. The second kappa shape index (κ2) is 6.70. The Morgan fingerprint density at radius 2 is 2.19 bits per heavy atom. The number of hydrogen-bond donors (Lipinski definition) is 2. The molecule has 0 aliphatic carbocycles. The molecule has 0 spiro atoms. The smallest absolute Gasteiger partial charge is 0.231 e. The highest BCUT2D eigenvalue weighted by Crippen LogP contribution is 2.32. The van der Waals surface area contributed by atoms with Gasteiger partial charge in [0.15, 0.2) is 0 Å². The SMILES string of the molecule is CC1OC(C)C(C(=O)Nc2cc(C#CCN)ccn2)C1C. The van der Waals surface area contributed by atoms with Gasteiger partial charge in [-0.05, 0) is 31.9 Å². The van der Waals surface area contributed by atoms with Crippen LogP contribution in [0.25, 0.3) is 0 Å². The Bertz CT molecular complexity index is 576. The fourth-order valence-electron chi connectivity index (χ4n) is 2.66. The largest absolute Gasteiger partial charge is 0.374 e. The van der Waals surface area contributed by atoms with E-state index in [1.165, 1.54) is 0 Å². The van der Waals surface area contributed by atoms with Crippen molar-refractivity contribution in [2.45, 2.75) is 33.0 Å². The van der Waals surface area contributed by atoms with E-state index in [1.54, 1.807) is 18.3 Å².